The van der Waals surface area contributed by atoms with E-state index in [-0.39, 0.29) is 6.10 Å². The molecule has 20 heavy (non-hydrogen) atoms. The van der Waals surface area contributed by atoms with E-state index in [0.29, 0.717) is 0 Å². The lowest BCUT2D eigenvalue weighted by Gasteiger charge is -2.23. The van der Waals surface area contributed by atoms with Gasteiger partial charge in [-0.2, -0.15) is 0 Å². The lowest BCUT2D eigenvalue weighted by atomic mass is 10.1. The number of rotatable bonds is 10. The molecule has 1 atom stereocenters. The molecule has 0 bridgehead atoms. The minimum atomic E-state index is -0.353. The van der Waals surface area contributed by atoms with Gasteiger partial charge in [-0.3, -0.25) is 0 Å². The van der Waals surface area contributed by atoms with E-state index in [1.807, 2.05) is 24.3 Å². The number of unbranched alkanes of at least 4 members (excludes halogenated alkanes) is 2. The van der Waals surface area contributed by atoms with Crippen molar-refractivity contribution < 1.29 is 5.11 Å². The highest BCUT2D eigenvalue weighted by Crippen LogP contribution is 2.20. The molecule has 2 nitrogen and oxygen atoms in total. The van der Waals surface area contributed by atoms with Gasteiger partial charge in [-0.25, -0.2) is 0 Å². The van der Waals surface area contributed by atoms with Crippen LogP contribution in [0.2, 0.25) is 0 Å². The van der Waals surface area contributed by atoms with Gasteiger partial charge in [0.15, 0.2) is 0 Å². The number of aliphatic hydroxyl groups excluding tert-OH is 1. The number of aliphatic hydroxyl groups is 1. The number of hydrogen-bond donors (Lipinski definition) is 1. The SMILES string of the molecule is CCCCN(CCCC)CCC(O)c1ccc(Br)cc1. The van der Waals surface area contributed by atoms with Crippen LogP contribution in [0.25, 0.3) is 0 Å². The fraction of sp³-hybridized carbons (Fsp3) is 0.647. The molecule has 0 amide bonds. The first-order chi connectivity index (χ1) is 9.67. The zero-order valence-electron chi connectivity index (χ0n) is 12.8. The van der Waals surface area contributed by atoms with E-state index in [9.17, 15) is 5.11 Å². The highest BCUT2D eigenvalue weighted by molar-refractivity contribution is 9.10. The number of nitrogens with zero attached hydrogens (tertiary/aromatic N) is 1. The molecule has 0 spiro atoms. The minimum Gasteiger partial charge on any atom is -0.388 e. The predicted molar refractivity (Wildman–Crippen MR) is 90.0 cm³/mol. The molecule has 1 unspecified atom stereocenters. The van der Waals surface area contributed by atoms with Gasteiger partial charge in [-0.05, 0) is 50.0 Å². The minimum absolute atomic E-state index is 0.353. The van der Waals surface area contributed by atoms with Gasteiger partial charge in [-0.15, -0.1) is 0 Å². The zero-order chi connectivity index (χ0) is 14.8. The second-order valence-electron chi connectivity index (χ2n) is 5.40. The fourth-order valence-corrected chi connectivity index (χ4v) is 2.52. The Hall–Kier alpha value is -0.380. The molecule has 114 valence electrons. The molecule has 1 aromatic carbocycles. The van der Waals surface area contributed by atoms with E-state index < -0.39 is 0 Å². The van der Waals surface area contributed by atoms with Gasteiger partial charge in [0.05, 0.1) is 6.10 Å². The summed E-state index contributed by atoms with van der Waals surface area (Å²) in [6, 6.07) is 7.98. The molecular weight excluding hydrogens is 314 g/mol. The molecule has 1 N–H and O–H groups in total. The first-order valence-corrected chi connectivity index (χ1v) is 8.62. The maximum Gasteiger partial charge on any atom is 0.0802 e. The average molecular weight is 342 g/mol. The molecule has 3 heteroatoms. The second kappa shape index (κ2) is 10.4. The van der Waals surface area contributed by atoms with Gasteiger partial charge in [0.2, 0.25) is 0 Å². The van der Waals surface area contributed by atoms with Crippen molar-refractivity contribution in [2.24, 2.45) is 0 Å². The summed E-state index contributed by atoms with van der Waals surface area (Å²) in [4.78, 5) is 2.50. The standard InChI is InChI=1S/C17H28BrNO/c1-3-5-12-19(13-6-4-2)14-11-17(20)15-7-9-16(18)10-8-15/h7-10,17,20H,3-6,11-14H2,1-2H3. The van der Waals surface area contributed by atoms with Crippen LogP contribution in [0.1, 0.15) is 57.6 Å². The Kier molecular flexibility index (Phi) is 9.16. The van der Waals surface area contributed by atoms with Crippen molar-refractivity contribution in [1.29, 1.82) is 0 Å². The summed E-state index contributed by atoms with van der Waals surface area (Å²) in [6.45, 7) is 7.76. The Morgan fingerprint density at radius 1 is 1.00 bits per heavy atom. The van der Waals surface area contributed by atoms with Crippen molar-refractivity contribution in [3.63, 3.8) is 0 Å². The van der Waals surface area contributed by atoms with Crippen LogP contribution >= 0.6 is 15.9 Å². The first-order valence-electron chi connectivity index (χ1n) is 7.83. The third-order valence-electron chi connectivity index (χ3n) is 3.63. The quantitative estimate of drug-likeness (QED) is 0.662. The molecule has 1 aromatic rings. The van der Waals surface area contributed by atoms with Crippen molar-refractivity contribution in [2.75, 3.05) is 19.6 Å². The Labute approximate surface area is 132 Å². The smallest absolute Gasteiger partial charge is 0.0802 e. The number of benzene rings is 1. The van der Waals surface area contributed by atoms with Crippen LogP contribution in [-0.2, 0) is 0 Å². The topological polar surface area (TPSA) is 23.5 Å². The van der Waals surface area contributed by atoms with Crippen LogP contribution in [0.15, 0.2) is 28.7 Å². The van der Waals surface area contributed by atoms with E-state index in [2.05, 4.69) is 34.7 Å². The molecule has 0 aliphatic heterocycles. The van der Waals surface area contributed by atoms with E-state index in [4.69, 9.17) is 0 Å². The molecule has 1 rings (SSSR count). The summed E-state index contributed by atoms with van der Waals surface area (Å²) in [5.74, 6) is 0. The van der Waals surface area contributed by atoms with Gasteiger partial charge in [-0.1, -0.05) is 54.8 Å². The van der Waals surface area contributed by atoms with Crippen molar-refractivity contribution >= 4 is 15.9 Å². The third-order valence-corrected chi connectivity index (χ3v) is 4.16. The van der Waals surface area contributed by atoms with E-state index >= 15 is 0 Å². The molecule has 0 fully saturated rings. The molecule has 0 saturated carbocycles. The Morgan fingerprint density at radius 3 is 2.05 bits per heavy atom. The maximum atomic E-state index is 10.3. The molecule has 0 heterocycles. The summed E-state index contributed by atoms with van der Waals surface area (Å²) >= 11 is 3.42. The maximum absolute atomic E-state index is 10.3. The van der Waals surface area contributed by atoms with Crippen molar-refractivity contribution in [1.82, 2.24) is 4.90 Å². The lowest BCUT2D eigenvalue weighted by Crippen LogP contribution is -2.28. The lowest BCUT2D eigenvalue weighted by molar-refractivity contribution is 0.140. The third kappa shape index (κ3) is 6.87. The summed E-state index contributed by atoms with van der Waals surface area (Å²) in [5.41, 5.74) is 1.01. The van der Waals surface area contributed by atoms with Crippen molar-refractivity contribution in [3.8, 4) is 0 Å². The highest BCUT2D eigenvalue weighted by Gasteiger charge is 2.10. The molecular formula is C17H28BrNO. The number of halogens is 1. The monoisotopic (exact) mass is 341 g/mol. The summed E-state index contributed by atoms with van der Waals surface area (Å²) in [5, 5.41) is 10.3. The van der Waals surface area contributed by atoms with E-state index in [1.54, 1.807) is 0 Å². The molecule has 0 aliphatic rings. The largest absolute Gasteiger partial charge is 0.388 e. The normalized spacial score (nSPS) is 12.8. The van der Waals surface area contributed by atoms with Gasteiger partial charge < -0.3 is 10.0 Å². The summed E-state index contributed by atoms with van der Waals surface area (Å²) < 4.78 is 1.06. The number of hydrogen-bond acceptors (Lipinski definition) is 2. The van der Waals surface area contributed by atoms with Gasteiger partial charge in [0, 0.05) is 11.0 Å². The van der Waals surface area contributed by atoms with Crippen LogP contribution in [0.4, 0.5) is 0 Å². The summed E-state index contributed by atoms with van der Waals surface area (Å²) in [6.07, 6.45) is 5.43. The second-order valence-corrected chi connectivity index (χ2v) is 6.32. The molecule has 0 aliphatic carbocycles. The molecule has 0 saturated heterocycles. The van der Waals surface area contributed by atoms with Gasteiger partial charge in [0.25, 0.3) is 0 Å². The molecule has 0 radical (unpaired) electrons. The van der Waals surface area contributed by atoms with Crippen LogP contribution in [0, 0.1) is 0 Å². The Balaban J connectivity index is 2.41. The van der Waals surface area contributed by atoms with Crippen LogP contribution in [0.3, 0.4) is 0 Å². The van der Waals surface area contributed by atoms with Crippen LogP contribution < -0.4 is 0 Å². The fourth-order valence-electron chi connectivity index (χ4n) is 2.26. The van der Waals surface area contributed by atoms with E-state index in [1.165, 1.54) is 25.7 Å². The van der Waals surface area contributed by atoms with Crippen LogP contribution in [0.5, 0.6) is 0 Å². The highest BCUT2D eigenvalue weighted by atomic mass is 79.9. The Morgan fingerprint density at radius 2 is 1.55 bits per heavy atom. The Bertz CT molecular complexity index is 345. The van der Waals surface area contributed by atoms with E-state index in [0.717, 1.165) is 36.1 Å². The zero-order valence-corrected chi connectivity index (χ0v) is 14.4. The van der Waals surface area contributed by atoms with Gasteiger partial charge >= 0.3 is 0 Å². The predicted octanol–water partition coefficient (Wildman–Crippen LogP) is 4.77. The molecule has 0 aromatic heterocycles. The summed E-state index contributed by atoms with van der Waals surface area (Å²) in [7, 11) is 0. The van der Waals surface area contributed by atoms with Gasteiger partial charge in [0.1, 0.15) is 0 Å². The van der Waals surface area contributed by atoms with Crippen molar-refractivity contribution in [2.45, 2.75) is 52.1 Å². The average Bonchev–Trinajstić information content (AvgIpc) is 2.47. The first kappa shape index (κ1) is 17.7. The van der Waals surface area contributed by atoms with Crippen molar-refractivity contribution in [3.05, 3.63) is 34.3 Å². The van der Waals surface area contributed by atoms with Crippen LogP contribution in [-0.4, -0.2) is 29.6 Å².